The van der Waals surface area contributed by atoms with Crippen molar-refractivity contribution in [1.29, 1.82) is 0 Å². The van der Waals surface area contributed by atoms with Crippen molar-refractivity contribution in [3.05, 3.63) is 34.9 Å². The first-order chi connectivity index (χ1) is 13.1. The van der Waals surface area contributed by atoms with E-state index in [-0.39, 0.29) is 5.92 Å². The number of benzene rings is 1. The molecular formula is C25H38F2. The molecule has 0 bridgehead atoms. The van der Waals surface area contributed by atoms with Gasteiger partial charge in [0, 0.05) is 0 Å². The van der Waals surface area contributed by atoms with Gasteiger partial charge in [-0.2, -0.15) is 0 Å². The third-order valence-corrected chi connectivity index (χ3v) is 7.56. The molecule has 27 heavy (non-hydrogen) atoms. The van der Waals surface area contributed by atoms with Crippen molar-refractivity contribution in [3.63, 3.8) is 0 Å². The third-order valence-electron chi connectivity index (χ3n) is 7.56. The molecule has 0 unspecified atom stereocenters. The molecule has 0 spiro atoms. The van der Waals surface area contributed by atoms with Crippen LogP contribution in [0.15, 0.2) is 12.1 Å². The first-order valence-corrected chi connectivity index (χ1v) is 11.6. The van der Waals surface area contributed by atoms with Crippen molar-refractivity contribution in [1.82, 2.24) is 0 Å². The third kappa shape index (κ3) is 5.12. The second kappa shape index (κ2) is 10.0. The van der Waals surface area contributed by atoms with Crippen molar-refractivity contribution in [3.8, 4) is 0 Å². The Morgan fingerprint density at radius 1 is 0.815 bits per heavy atom. The Morgan fingerprint density at radius 2 is 1.44 bits per heavy atom. The van der Waals surface area contributed by atoms with Gasteiger partial charge in [-0.05, 0) is 85.8 Å². The Kier molecular flexibility index (Phi) is 7.73. The largest absolute Gasteiger partial charge is 0.204 e. The minimum Gasteiger partial charge on any atom is -0.204 e. The molecule has 152 valence electrons. The lowest BCUT2D eigenvalue weighted by Gasteiger charge is -2.38. The normalized spacial score (nSPS) is 29.0. The number of unbranched alkanes of at least 4 members (excludes halogenated alkanes) is 2. The summed E-state index contributed by atoms with van der Waals surface area (Å²) in [6.07, 6.45) is 16.5. The van der Waals surface area contributed by atoms with Gasteiger partial charge >= 0.3 is 0 Å². The maximum Gasteiger partial charge on any atom is 0.162 e. The average molecular weight is 377 g/mol. The maximum absolute atomic E-state index is 14.5. The molecule has 3 rings (SSSR count). The van der Waals surface area contributed by atoms with E-state index in [1.54, 1.807) is 6.07 Å². The first-order valence-electron chi connectivity index (χ1n) is 11.6. The summed E-state index contributed by atoms with van der Waals surface area (Å²) in [6.45, 7) is 4.33. The molecule has 0 saturated heterocycles. The van der Waals surface area contributed by atoms with Gasteiger partial charge in [-0.25, -0.2) is 8.78 Å². The predicted octanol–water partition coefficient (Wildman–Crippen LogP) is 8.19. The van der Waals surface area contributed by atoms with Gasteiger partial charge in [0.2, 0.25) is 0 Å². The summed E-state index contributed by atoms with van der Waals surface area (Å²) in [5, 5.41) is 0. The Hall–Kier alpha value is -0.920. The van der Waals surface area contributed by atoms with Crippen molar-refractivity contribution < 1.29 is 8.78 Å². The van der Waals surface area contributed by atoms with Gasteiger partial charge < -0.3 is 0 Å². The number of rotatable bonds is 7. The van der Waals surface area contributed by atoms with Crippen LogP contribution in [0.2, 0.25) is 0 Å². The Balaban J connectivity index is 1.51. The highest BCUT2D eigenvalue weighted by molar-refractivity contribution is 5.33. The molecule has 1 aromatic carbocycles. The highest BCUT2D eigenvalue weighted by Crippen LogP contribution is 2.45. The van der Waals surface area contributed by atoms with Crippen LogP contribution in [0.1, 0.15) is 108 Å². The van der Waals surface area contributed by atoms with Crippen LogP contribution >= 0.6 is 0 Å². The van der Waals surface area contributed by atoms with Crippen LogP contribution in [0.3, 0.4) is 0 Å². The quantitative estimate of drug-likeness (QED) is 0.421. The first kappa shape index (κ1) is 20.8. The summed E-state index contributed by atoms with van der Waals surface area (Å²) in [5.74, 6) is 1.64. The standard InChI is InChI=1S/C25H38F2/c1-3-5-6-7-18-8-10-20(11-9-18)21-12-14-22(15-13-21)24-19(4-2)16-17-23(26)25(24)27/h16-18,20-22H,3-15H2,1-2H3/t18-,20-,21-,22-. The van der Waals surface area contributed by atoms with Crippen LogP contribution in [0.25, 0.3) is 0 Å². The van der Waals surface area contributed by atoms with Crippen molar-refractivity contribution in [2.45, 2.75) is 103 Å². The van der Waals surface area contributed by atoms with E-state index >= 15 is 0 Å². The zero-order valence-electron chi connectivity index (χ0n) is 17.4. The number of hydrogen-bond donors (Lipinski definition) is 0. The molecule has 2 fully saturated rings. The van der Waals surface area contributed by atoms with E-state index in [0.29, 0.717) is 5.56 Å². The van der Waals surface area contributed by atoms with Crippen LogP contribution in [0, 0.1) is 29.4 Å². The minimum absolute atomic E-state index is 0.220. The molecule has 2 heteroatoms. The Bertz CT molecular complexity index is 578. The van der Waals surface area contributed by atoms with Gasteiger partial charge in [0.1, 0.15) is 0 Å². The summed E-state index contributed by atoms with van der Waals surface area (Å²) >= 11 is 0. The van der Waals surface area contributed by atoms with Crippen LogP contribution in [0.5, 0.6) is 0 Å². The fourth-order valence-electron chi connectivity index (χ4n) is 5.87. The molecule has 2 aliphatic rings. The van der Waals surface area contributed by atoms with E-state index in [1.165, 1.54) is 70.3 Å². The van der Waals surface area contributed by atoms with Crippen molar-refractivity contribution >= 4 is 0 Å². The average Bonchev–Trinajstić information content (AvgIpc) is 2.71. The van der Waals surface area contributed by atoms with E-state index in [0.717, 1.165) is 42.6 Å². The molecule has 2 aliphatic carbocycles. The van der Waals surface area contributed by atoms with Crippen LogP contribution in [0.4, 0.5) is 8.78 Å². The molecule has 0 N–H and O–H groups in total. The SMILES string of the molecule is CCCCC[C@H]1CC[C@H]([C@H]2CC[C@H](c3c(CC)ccc(F)c3F)CC2)CC1. The minimum atomic E-state index is -0.675. The zero-order chi connectivity index (χ0) is 19.2. The number of halogens is 2. The van der Waals surface area contributed by atoms with Crippen LogP contribution in [-0.4, -0.2) is 0 Å². The lowest BCUT2D eigenvalue weighted by atomic mass is 9.67. The molecule has 1 aromatic rings. The number of aryl methyl sites for hydroxylation is 1. The monoisotopic (exact) mass is 376 g/mol. The van der Waals surface area contributed by atoms with E-state index in [2.05, 4.69) is 6.92 Å². The summed E-state index contributed by atoms with van der Waals surface area (Å²) in [5.41, 5.74) is 1.69. The second-order valence-corrected chi connectivity index (χ2v) is 9.18. The molecule has 0 aromatic heterocycles. The van der Waals surface area contributed by atoms with E-state index in [4.69, 9.17) is 0 Å². The summed E-state index contributed by atoms with van der Waals surface area (Å²) < 4.78 is 28.3. The maximum atomic E-state index is 14.5. The van der Waals surface area contributed by atoms with Gasteiger partial charge in [0.05, 0.1) is 0 Å². The van der Waals surface area contributed by atoms with Gasteiger partial charge in [-0.15, -0.1) is 0 Å². The molecule has 0 radical (unpaired) electrons. The fourth-order valence-corrected chi connectivity index (χ4v) is 5.87. The van der Waals surface area contributed by atoms with Crippen molar-refractivity contribution in [2.75, 3.05) is 0 Å². The van der Waals surface area contributed by atoms with Gasteiger partial charge in [0.15, 0.2) is 11.6 Å². The predicted molar refractivity (Wildman–Crippen MR) is 110 cm³/mol. The number of hydrogen-bond acceptors (Lipinski definition) is 0. The van der Waals surface area contributed by atoms with Gasteiger partial charge in [-0.1, -0.05) is 58.4 Å². The molecule has 0 heterocycles. The van der Waals surface area contributed by atoms with E-state index in [9.17, 15) is 8.78 Å². The van der Waals surface area contributed by atoms with E-state index in [1.807, 2.05) is 6.92 Å². The molecule has 0 aliphatic heterocycles. The highest BCUT2D eigenvalue weighted by Gasteiger charge is 2.32. The second-order valence-electron chi connectivity index (χ2n) is 9.18. The molecule has 0 atom stereocenters. The summed E-state index contributed by atoms with van der Waals surface area (Å²) in [7, 11) is 0. The topological polar surface area (TPSA) is 0 Å². The van der Waals surface area contributed by atoms with Gasteiger partial charge in [0.25, 0.3) is 0 Å². The molecule has 0 amide bonds. The highest BCUT2D eigenvalue weighted by atomic mass is 19.2. The molecule has 0 nitrogen and oxygen atoms in total. The fraction of sp³-hybridized carbons (Fsp3) is 0.760. The molecular weight excluding hydrogens is 338 g/mol. The Labute approximate surface area is 165 Å². The summed E-state index contributed by atoms with van der Waals surface area (Å²) in [6, 6.07) is 3.09. The zero-order valence-corrected chi connectivity index (χ0v) is 17.4. The van der Waals surface area contributed by atoms with E-state index < -0.39 is 11.6 Å². The molecule has 2 saturated carbocycles. The van der Waals surface area contributed by atoms with Crippen molar-refractivity contribution in [2.24, 2.45) is 17.8 Å². The lowest BCUT2D eigenvalue weighted by Crippen LogP contribution is -2.26. The smallest absolute Gasteiger partial charge is 0.162 e. The Morgan fingerprint density at radius 3 is 2.04 bits per heavy atom. The van der Waals surface area contributed by atoms with Crippen LogP contribution in [-0.2, 0) is 6.42 Å². The van der Waals surface area contributed by atoms with Crippen LogP contribution < -0.4 is 0 Å². The van der Waals surface area contributed by atoms with Gasteiger partial charge in [-0.3, -0.25) is 0 Å². The summed E-state index contributed by atoms with van der Waals surface area (Å²) in [4.78, 5) is 0. The lowest BCUT2D eigenvalue weighted by molar-refractivity contribution is 0.155.